The van der Waals surface area contributed by atoms with E-state index in [0.717, 1.165) is 12.8 Å². The van der Waals surface area contributed by atoms with E-state index in [0.29, 0.717) is 5.92 Å². The van der Waals surface area contributed by atoms with Gasteiger partial charge in [-0.05, 0) is 39.2 Å². The molecule has 6 heteroatoms. The molecule has 0 saturated heterocycles. The van der Waals surface area contributed by atoms with Crippen LogP contribution in [0.4, 0.5) is 0 Å². The van der Waals surface area contributed by atoms with Gasteiger partial charge in [0.05, 0.1) is 12.4 Å². The zero-order valence-electron chi connectivity index (χ0n) is 15.2. The summed E-state index contributed by atoms with van der Waals surface area (Å²) in [5.41, 5.74) is 0.902. The molecule has 1 N–H and O–H groups in total. The molecule has 1 aromatic heterocycles. The Morgan fingerprint density at radius 3 is 2.23 bits per heavy atom. The number of rotatable bonds is 4. The van der Waals surface area contributed by atoms with Crippen LogP contribution in [0.25, 0.3) is 0 Å². The van der Waals surface area contributed by atoms with Crippen molar-refractivity contribution in [2.24, 2.45) is 0 Å². The number of hydrogen-bond acceptors (Lipinski definition) is 5. The summed E-state index contributed by atoms with van der Waals surface area (Å²) in [6.07, 6.45) is 4.58. The van der Waals surface area contributed by atoms with Gasteiger partial charge in [-0.25, -0.2) is 14.8 Å². The third kappa shape index (κ3) is 4.25. The highest BCUT2D eigenvalue weighted by Gasteiger charge is 2.33. The normalized spacial score (nSPS) is 19.3. The lowest BCUT2D eigenvalue weighted by atomic mass is 9.75. The summed E-state index contributed by atoms with van der Waals surface area (Å²) in [4.78, 5) is 32.4. The van der Waals surface area contributed by atoms with Crippen LogP contribution < -0.4 is 5.32 Å². The number of nitrogens with zero attached hydrogens (tertiary/aromatic N) is 2. The van der Waals surface area contributed by atoms with Crippen LogP contribution in [0.15, 0.2) is 42.7 Å². The third-order valence-electron chi connectivity index (χ3n) is 4.31. The minimum Gasteiger partial charge on any atom is -0.455 e. The summed E-state index contributed by atoms with van der Waals surface area (Å²) in [6.45, 7) is 5.34. The standard InChI is InChI=1S/C20H23N3O3/c1-20(2,3)26-19(25)17-12-21-16(11-22-17)18(24)23-15-10-9-14(15)13-7-5-4-6-8-13/h4-8,11-12,14-15H,9-10H2,1-3H3,(H,23,24)/t14-,15-/m1/s1. The van der Waals surface area contributed by atoms with E-state index in [9.17, 15) is 9.59 Å². The van der Waals surface area contributed by atoms with Crippen molar-refractivity contribution >= 4 is 11.9 Å². The number of carbonyl (C=O) groups is 2. The maximum absolute atomic E-state index is 12.4. The van der Waals surface area contributed by atoms with E-state index in [-0.39, 0.29) is 23.3 Å². The number of ether oxygens (including phenoxy) is 1. The second kappa shape index (κ2) is 7.23. The molecule has 0 bridgehead atoms. The molecule has 0 radical (unpaired) electrons. The van der Waals surface area contributed by atoms with E-state index in [1.807, 2.05) is 18.2 Å². The molecule has 6 nitrogen and oxygen atoms in total. The third-order valence-corrected chi connectivity index (χ3v) is 4.31. The second-order valence-electron chi connectivity index (χ2n) is 7.46. The van der Waals surface area contributed by atoms with Crippen molar-refractivity contribution in [1.82, 2.24) is 15.3 Å². The van der Waals surface area contributed by atoms with E-state index in [1.165, 1.54) is 18.0 Å². The fraction of sp³-hybridized carbons (Fsp3) is 0.400. The number of hydrogen-bond donors (Lipinski definition) is 1. The van der Waals surface area contributed by atoms with Gasteiger partial charge in [0.15, 0.2) is 5.69 Å². The van der Waals surface area contributed by atoms with Crippen LogP contribution in [0.1, 0.15) is 66.1 Å². The number of carbonyl (C=O) groups excluding carboxylic acids is 2. The number of benzene rings is 1. The van der Waals surface area contributed by atoms with Gasteiger partial charge < -0.3 is 10.1 Å². The van der Waals surface area contributed by atoms with Gasteiger partial charge in [-0.1, -0.05) is 30.3 Å². The van der Waals surface area contributed by atoms with Crippen molar-refractivity contribution in [1.29, 1.82) is 0 Å². The Bertz CT molecular complexity index is 782. The smallest absolute Gasteiger partial charge is 0.359 e. The van der Waals surface area contributed by atoms with Gasteiger partial charge in [-0.2, -0.15) is 0 Å². The van der Waals surface area contributed by atoms with Crippen LogP contribution in [0.3, 0.4) is 0 Å². The molecular weight excluding hydrogens is 330 g/mol. The first-order chi connectivity index (χ1) is 12.3. The second-order valence-corrected chi connectivity index (χ2v) is 7.46. The Labute approximate surface area is 153 Å². The van der Waals surface area contributed by atoms with Crippen LogP contribution in [-0.2, 0) is 4.74 Å². The quantitative estimate of drug-likeness (QED) is 0.854. The lowest BCUT2D eigenvalue weighted by molar-refractivity contribution is 0.00619. The SMILES string of the molecule is CC(C)(C)OC(=O)c1cnc(C(=O)N[C@@H]2CC[C@@H]2c2ccccc2)cn1. The van der Waals surface area contributed by atoms with Crippen molar-refractivity contribution < 1.29 is 14.3 Å². The van der Waals surface area contributed by atoms with Gasteiger partial charge in [0, 0.05) is 12.0 Å². The minimum atomic E-state index is -0.606. The largest absolute Gasteiger partial charge is 0.455 e. The van der Waals surface area contributed by atoms with Crippen LogP contribution in [0.2, 0.25) is 0 Å². The predicted octanol–water partition coefficient (Wildman–Crippen LogP) is 3.11. The number of esters is 1. The van der Waals surface area contributed by atoms with Gasteiger partial charge in [0.1, 0.15) is 11.3 Å². The van der Waals surface area contributed by atoms with Crippen LogP contribution >= 0.6 is 0 Å². The molecule has 136 valence electrons. The monoisotopic (exact) mass is 353 g/mol. The Balaban J connectivity index is 1.61. The first kappa shape index (κ1) is 18.0. The van der Waals surface area contributed by atoms with E-state index in [2.05, 4.69) is 27.4 Å². The molecule has 1 aliphatic rings. The highest BCUT2D eigenvalue weighted by molar-refractivity contribution is 5.93. The lowest BCUT2D eigenvalue weighted by Crippen LogP contribution is -2.45. The molecule has 1 saturated carbocycles. The van der Waals surface area contributed by atoms with Gasteiger partial charge >= 0.3 is 5.97 Å². The van der Waals surface area contributed by atoms with Crippen molar-refractivity contribution in [2.75, 3.05) is 0 Å². The Hall–Kier alpha value is -2.76. The van der Waals surface area contributed by atoms with Crippen LogP contribution in [0.5, 0.6) is 0 Å². The molecule has 3 rings (SSSR count). The summed E-state index contributed by atoms with van der Waals surface area (Å²) >= 11 is 0. The Morgan fingerprint density at radius 2 is 1.69 bits per heavy atom. The maximum Gasteiger partial charge on any atom is 0.359 e. The first-order valence-corrected chi connectivity index (χ1v) is 8.75. The molecule has 1 fully saturated rings. The van der Waals surface area contributed by atoms with E-state index < -0.39 is 11.6 Å². The molecule has 0 unspecified atom stereocenters. The number of amides is 1. The van der Waals surface area contributed by atoms with Gasteiger partial charge in [0.25, 0.3) is 5.91 Å². The molecule has 2 atom stereocenters. The summed E-state index contributed by atoms with van der Waals surface area (Å²) < 4.78 is 5.24. The van der Waals surface area contributed by atoms with E-state index in [1.54, 1.807) is 20.8 Å². The molecule has 1 aromatic carbocycles. The average Bonchev–Trinajstić information content (AvgIpc) is 2.58. The fourth-order valence-electron chi connectivity index (χ4n) is 2.90. The Morgan fingerprint density at radius 1 is 1.04 bits per heavy atom. The number of aromatic nitrogens is 2. The molecule has 1 amide bonds. The highest BCUT2D eigenvalue weighted by Crippen LogP contribution is 2.36. The molecular formula is C20H23N3O3. The Kier molecular flexibility index (Phi) is 5.02. The van der Waals surface area contributed by atoms with Crippen molar-refractivity contribution in [3.8, 4) is 0 Å². The van der Waals surface area contributed by atoms with E-state index >= 15 is 0 Å². The van der Waals surface area contributed by atoms with Gasteiger partial charge in [0.2, 0.25) is 0 Å². The number of nitrogens with one attached hydrogen (secondary N) is 1. The van der Waals surface area contributed by atoms with Gasteiger partial charge in [-0.15, -0.1) is 0 Å². The summed E-state index contributed by atoms with van der Waals surface area (Å²) in [6, 6.07) is 10.3. The van der Waals surface area contributed by atoms with E-state index in [4.69, 9.17) is 4.74 Å². The lowest BCUT2D eigenvalue weighted by Gasteiger charge is -2.37. The van der Waals surface area contributed by atoms with Crippen LogP contribution in [-0.4, -0.2) is 33.5 Å². The highest BCUT2D eigenvalue weighted by atomic mass is 16.6. The average molecular weight is 353 g/mol. The van der Waals surface area contributed by atoms with Crippen molar-refractivity contribution in [2.45, 2.75) is 51.2 Å². The zero-order chi connectivity index (χ0) is 18.7. The van der Waals surface area contributed by atoms with Gasteiger partial charge in [-0.3, -0.25) is 4.79 Å². The first-order valence-electron chi connectivity index (χ1n) is 8.75. The minimum absolute atomic E-state index is 0.0854. The topological polar surface area (TPSA) is 81.2 Å². The van der Waals surface area contributed by atoms with Crippen molar-refractivity contribution in [3.05, 3.63) is 59.7 Å². The molecule has 26 heavy (non-hydrogen) atoms. The molecule has 1 aliphatic carbocycles. The summed E-state index contributed by atoms with van der Waals surface area (Å²) in [5.74, 6) is -0.506. The molecule has 0 spiro atoms. The predicted molar refractivity (Wildman–Crippen MR) is 96.9 cm³/mol. The summed E-state index contributed by atoms with van der Waals surface area (Å²) in [5, 5.41) is 3.01. The van der Waals surface area contributed by atoms with Crippen LogP contribution in [0, 0.1) is 0 Å². The summed E-state index contributed by atoms with van der Waals surface area (Å²) in [7, 11) is 0. The van der Waals surface area contributed by atoms with Crippen molar-refractivity contribution in [3.63, 3.8) is 0 Å². The molecule has 0 aliphatic heterocycles. The maximum atomic E-state index is 12.4. The molecule has 1 heterocycles. The molecule has 2 aromatic rings. The fourth-order valence-corrected chi connectivity index (χ4v) is 2.90. The zero-order valence-corrected chi connectivity index (χ0v) is 15.2.